The largest absolute Gasteiger partial charge is 0.490 e. The number of rotatable bonds is 7. The van der Waals surface area contributed by atoms with Crippen molar-refractivity contribution in [2.45, 2.75) is 19.9 Å². The van der Waals surface area contributed by atoms with Crippen molar-refractivity contribution < 1.29 is 9.66 Å². The fourth-order valence-corrected chi connectivity index (χ4v) is 1.85. The number of tetrazole rings is 1. The molecule has 0 bridgehead atoms. The highest BCUT2D eigenvalue weighted by atomic mass is 16.6. The molecule has 0 radical (unpaired) electrons. The highest BCUT2D eigenvalue weighted by molar-refractivity contribution is 5.53. The molecule has 0 atom stereocenters. The molecule has 0 spiro atoms. The van der Waals surface area contributed by atoms with Crippen LogP contribution in [0.25, 0.3) is 5.69 Å². The lowest BCUT2D eigenvalue weighted by atomic mass is 10.2. The summed E-state index contributed by atoms with van der Waals surface area (Å²) in [5, 5.41) is 25.6. The zero-order chi connectivity index (χ0) is 15.2. The Morgan fingerprint density at radius 1 is 1.48 bits per heavy atom. The minimum atomic E-state index is -0.498. The van der Waals surface area contributed by atoms with Crippen LogP contribution in [-0.2, 0) is 6.54 Å². The molecule has 21 heavy (non-hydrogen) atoms. The van der Waals surface area contributed by atoms with E-state index in [1.807, 2.05) is 0 Å². The summed E-state index contributed by atoms with van der Waals surface area (Å²) in [7, 11) is 1.39. The Bertz CT molecular complexity index is 627. The first-order valence-electron chi connectivity index (χ1n) is 6.48. The number of nitrogens with zero attached hydrogens (tertiary/aromatic N) is 5. The number of benzene rings is 1. The second-order valence-corrected chi connectivity index (χ2v) is 4.30. The zero-order valence-electron chi connectivity index (χ0n) is 11.8. The van der Waals surface area contributed by atoms with Crippen LogP contribution in [0.4, 0.5) is 5.69 Å². The van der Waals surface area contributed by atoms with Crippen LogP contribution in [0.15, 0.2) is 18.2 Å². The molecule has 112 valence electrons. The van der Waals surface area contributed by atoms with Gasteiger partial charge in [-0.2, -0.15) is 4.68 Å². The van der Waals surface area contributed by atoms with E-state index >= 15 is 0 Å². The normalized spacial score (nSPS) is 10.6. The Balaban J connectivity index is 2.32. The minimum absolute atomic E-state index is 0.127. The van der Waals surface area contributed by atoms with Gasteiger partial charge in [0.15, 0.2) is 11.6 Å². The van der Waals surface area contributed by atoms with E-state index in [2.05, 4.69) is 27.8 Å². The Labute approximate surface area is 121 Å². The lowest BCUT2D eigenvalue weighted by Crippen LogP contribution is -2.17. The quantitative estimate of drug-likeness (QED) is 0.462. The number of methoxy groups -OCH3 is 1. The average Bonchev–Trinajstić information content (AvgIpc) is 2.95. The van der Waals surface area contributed by atoms with Crippen molar-refractivity contribution in [2.75, 3.05) is 13.7 Å². The van der Waals surface area contributed by atoms with Gasteiger partial charge in [-0.05, 0) is 35.5 Å². The maximum atomic E-state index is 11.1. The van der Waals surface area contributed by atoms with Crippen molar-refractivity contribution in [1.29, 1.82) is 0 Å². The molecule has 9 heteroatoms. The SMILES string of the molecule is CCCNCc1nnnn1-c1ccc(OC)c([N+](=O)[O-])c1. The van der Waals surface area contributed by atoms with Crippen molar-refractivity contribution in [2.24, 2.45) is 0 Å². The van der Waals surface area contributed by atoms with E-state index in [4.69, 9.17) is 4.74 Å². The van der Waals surface area contributed by atoms with Crippen LogP contribution in [-0.4, -0.2) is 38.8 Å². The third kappa shape index (κ3) is 3.31. The number of hydrogen-bond acceptors (Lipinski definition) is 7. The van der Waals surface area contributed by atoms with Gasteiger partial charge in [0.05, 0.1) is 24.3 Å². The van der Waals surface area contributed by atoms with Crippen LogP contribution < -0.4 is 10.1 Å². The van der Waals surface area contributed by atoms with Gasteiger partial charge in [-0.1, -0.05) is 6.92 Å². The van der Waals surface area contributed by atoms with Crippen LogP contribution >= 0.6 is 0 Å². The highest BCUT2D eigenvalue weighted by Gasteiger charge is 2.17. The van der Waals surface area contributed by atoms with E-state index in [1.165, 1.54) is 23.9 Å². The van der Waals surface area contributed by atoms with Gasteiger partial charge < -0.3 is 10.1 Å². The molecule has 0 unspecified atom stereocenters. The third-order valence-electron chi connectivity index (χ3n) is 2.85. The van der Waals surface area contributed by atoms with Gasteiger partial charge in [-0.3, -0.25) is 10.1 Å². The molecule has 0 fully saturated rings. The summed E-state index contributed by atoms with van der Waals surface area (Å²) in [6, 6.07) is 4.59. The molecule has 0 aliphatic heterocycles. The van der Waals surface area contributed by atoms with Crippen LogP contribution in [0.2, 0.25) is 0 Å². The van der Waals surface area contributed by atoms with E-state index < -0.39 is 4.92 Å². The van der Waals surface area contributed by atoms with Crippen LogP contribution in [0.5, 0.6) is 5.75 Å². The molecule has 0 saturated carbocycles. The second-order valence-electron chi connectivity index (χ2n) is 4.30. The topological polar surface area (TPSA) is 108 Å². The van der Waals surface area contributed by atoms with Gasteiger partial charge in [-0.25, -0.2) is 0 Å². The van der Waals surface area contributed by atoms with Gasteiger partial charge in [0.25, 0.3) is 0 Å². The van der Waals surface area contributed by atoms with Crippen LogP contribution in [0.1, 0.15) is 19.2 Å². The highest BCUT2D eigenvalue weighted by Crippen LogP contribution is 2.28. The molecular weight excluding hydrogens is 276 g/mol. The van der Waals surface area contributed by atoms with Crippen molar-refractivity contribution >= 4 is 5.69 Å². The molecule has 1 heterocycles. The number of nitrogens with one attached hydrogen (secondary N) is 1. The molecule has 1 N–H and O–H groups in total. The first-order chi connectivity index (χ1) is 10.2. The summed E-state index contributed by atoms with van der Waals surface area (Å²) in [5.41, 5.74) is 0.388. The Morgan fingerprint density at radius 2 is 2.29 bits per heavy atom. The van der Waals surface area contributed by atoms with E-state index in [1.54, 1.807) is 6.07 Å². The summed E-state index contributed by atoms with van der Waals surface area (Å²) >= 11 is 0. The molecule has 9 nitrogen and oxygen atoms in total. The van der Waals surface area contributed by atoms with Gasteiger partial charge in [0, 0.05) is 6.07 Å². The molecule has 2 aromatic rings. The van der Waals surface area contributed by atoms with Gasteiger partial charge in [-0.15, -0.1) is 5.10 Å². The molecule has 0 amide bonds. The maximum Gasteiger partial charge on any atom is 0.313 e. The molecular formula is C12H16N6O3. The van der Waals surface area contributed by atoms with E-state index in [0.717, 1.165) is 13.0 Å². The summed E-state index contributed by atoms with van der Waals surface area (Å²) < 4.78 is 6.44. The van der Waals surface area contributed by atoms with Crippen molar-refractivity contribution in [3.63, 3.8) is 0 Å². The van der Waals surface area contributed by atoms with E-state index in [9.17, 15) is 10.1 Å². The number of aromatic nitrogens is 4. The molecule has 1 aromatic carbocycles. The lowest BCUT2D eigenvalue weighted by molar-refractivity contribution is -0.385. The average molecular weight is 292 g/mol. The molecule has 2 rings (SSSR count). The Hall–Kier alpha value is -2.55. The second kappa shape index (κ2) is 6.75. The van der Waals surface area contributed by atoms with Crippen LogP contribution in [0, 0.1) is 10.1 Å². The molecule has 1 aromatic heterocycles. The van der Waals surface area contributed by atoms with Crippen LogP contribution in [0.3, 0.4) is 0 Å². The first kappa shape index (κ1) is 14.9. The third-order valence-corrected chi connectivity index (χ3v) is 2.85. The number of hydrogen-bond donors (Lipinski definition) is 1. The number of nitro groups is 1. The molecule has 0 aliphatic carbocycles. The van der Waals surface area contributed by atoms with Crippen molar-refractivity contribution in [3.8, 4) is 11.4 Å². The van der Waals surface area contributed by atoms with E-state index in [0.29, 0.717) is 18.1 Å². The summed E-state index contributed by atoms with van der Waals surface area (Å²) in [6.07, 6.45) is 0.996. The Kier molecular flexibility index (Phi) is 4.77. The maximum absolute atomic E-state index is 11.1. The van der Waals surface area contributed by atoms with E-state index in [-0.39, 0.29) is 11.4 Å². The smallest absolute Gasteiger partial charge is 0.313 e. The van der Waals surface area contributed by atoms with Crippen molar-refractivity contribution in [3.05, 3.63) is 34.1 Å². The van der Waals surface area contributed by atoms with Crippen molar-refractivity contribution in [1.82, 2.24) is 25.5 Å². The lowest BCUT2D eigenvalue weighted by Gasteiger charge is -2.07. The summed E-state index contributed by atoms with van der Waals surface area (Å²) in [6.45, 7) is 3.39. The summed E-state index contributed by atoms with van der Waals surface area (Å²) in [4.78, 5) is 10.6. The fourth-order valence-electron chi connectivity index (χ4n) is 1.85. The number of ether oxygens (including phenoxy) is 1. The van der Waals surface area contributed by atoms with Gasteiger partial charge in [0.1, 0.15) is 0 Å². The Morgan fingerprint density at radius 3 is 2.95 bits per heavy atom. The predicted octanol–water partition coefficient (Wildman–Crippen LogP) is 1.08. The molecule has 0 saturated heterocycles. The fraction of sp³-hybridized carbons (Fsp3) is 0.417. The van der Waals surface area contributed by atoms with Gasteiger partial charge in [0.2, 0.25) is 0 Å². The standard InChI is InChI=1S/C12H16N6O3/c1-3-6-13-8-12-14-15-16-17(12)9-4-5-11(21-2)10(7-9)18(19)20/h4-5,7,13H,3,6,8H2,1-2H3. The minimum Gasteiger partial charge on any atom is -0.490 e. The predicted molar refractivity (Wildman–Crippen MR) is 74.4 cm³/mol. The first-order valence-corrected chi connectivity index (χ1v) is 6.48. The molecule has 0 aliphatic rings. The summed E-state index contributed by atoms with van der Waals surface area (Å²) in [5.74, 6) is 0.783. The zero-order valence-corrected chi connectivity index (χ0v) is 11.8. The number of nitro benzene ring substituents is 1. The monoisotopic (exact) mass is 292 g/mol. The van der Waals surface area contributed by atoms with Gasteiger partial charge >= 0.3 is 5.69 Å².